The molecular weight excluding hydrogens is 226 g/mol. The summed E-state index contributed by atoms with van der Waals surface area (Å²) in [6.45, 7) is 1.71. The molecule has 0 saturated carbocycles. The van der Waals surface area contributed by atoms with Crippen LogP contribution in [0.2, 0.25) is 0 Å². The molecule has 0 aliphatic carbocycles. The summed E-state index contributed by atoms with van der Waals surface area (Å²) in [5.41, 5.74) is 0.275. The molecule has 1 saturated heterocycles. The van der Waals surface area contributed by atoms with Crippen molar-refractivity contribution in [3.63, 3.8) is 0 Å². The Kier molecular flexibility index (Phi) is 3.47. The summed E-state index contributed by atoms with van der Waals surface area (Å²) in [4.78, 5) is 1.78. The van der Waals surface area contributed by atoms with Crippen LogP contribution < -0.4 is 15.0 Å². The number of nitrogens with zero attached hydrogens (tertiary/aromatic N) is 1. The maximum absolute atomic E-state index is 13.8. The number of hydrogen-bond donors (Lipinski definition) is 1. The summed E-state index contributed by atoms with van der Waals surface area (Å²) >= 11 is 0. The van der Waals surface area contributed by atoms with Crippen molar-refractivity contribution >= 4 is 5.69 Å². The lowest BCUT2D eigenvalue weighted by Crippen LogP contribution is -2.34. The zero-order valence-electron chi connectivity index (χ0n) is 9.96. The highest BCUT2D eigenvalue weighted by Gasteiger charge is 2.22. The number of benzene rings is 1. The largest absolute Gasteiger partial charge is 0.494 e. The first-order valence-electron chi connectivity index (χ1n) is 5.60. The van der Waals surface area contributed by atoms with Crippen molar-refractivity contribution < 1.29 is 13.5 Å². The smallest absolute Gasteiger partial charge is 0.167 e. The van der Waals surface area contributed by atoms with Crippen molar-refractivity contribution in [2.45, 2.75) is 12.5 Å². The van der Waals surface area contributed by atoms with Gasteiger partial charge in [0.1, 0.15) is 5.82 Å². The molecule has 0 aromatic heterocycles. The highest BCUT2D eigenvalue weighted by atomic mass is 19.1. The molecule has 1 aromatic carbocycles. The van der Waals surface area contributed by atoms with Crippen LogP contribution in [0.5, 0.6) is 5.75 Å². The number of nitrogens with one attached hydrogen (secondary N) is 1. The maximum Gasteiger partial charge on any atom is 0.167 e. The third kappa shape index (κ3) is 2.34. The molecule has 1 heterocycles. The van der Waals surface area contributed by atoms with Crippen LogP contribution in [-0.4, -0.2) is 33.3 Å². The maximum atomic E-state index is 13.8. The fourth-order valence-electron chi connectivity index (χ4n) is 2.11. The van der Waals surface area contributed by atoms with Crippen LogP contribution in [-0.2, 0) is 0 Å². The van der Waals surface area contributed by atoms with Crippen molar-refractivity contribution in [1.82, 2.24) is 5.32 Å². The molecule has 1 atom stereocenters. The van der Waals surface area contributed by atoms with E-state index in [2.05, 4.69) is 5.32 Å². The Morgan fingerprint density at radius 2 is 2.12 bits per heavy atom. The quantitative estimate of drug-likeness (QED) is 0.874. The number of methoxy groups -OCH3 is 1. The number of hydrogen-bond acceptors (Lipinski definition) is 3. The van der Waals surface area contributed by atoms with Crippen molar-refractivity contribution in [3.8, 4) is 5.75 Å². The molecule has 1 unspecified atom stereocenters. The molecule has 1 aromatic rings. The minimum atomic E-state index is -0.540. The predicted molar refractivity (Wildman–Crippen MR) is 62.6 cm³/mol. The first kappa shape index (κ1) is 12.1. The fraction of sp³-hybridized carbons (Fsp3) is 0.500. The van der Waals surface area contributed by atoms with E-state index in [-0.39, 0.29) is 17.5 Å². The van der Waals surface area contributed by atoms with E-state index in [1.807, 2.05) is 0 Å². The lowest BCUT2D eigenvalue weighted by molar-refractivity contribution is 0.382. The van der Waals surface area contributed by atoms with Gasteiger partial charge < -0.3 is 15.0 Å². The summed E-state index contributed by atoms with van der Waals surface area (Å²) in [5, 5.41) is 3.20. The van der Waals surface area contributed by atoms with E-state index in [9.17, 15) is 8.78 Å². The van der Waals surface area contributed by atoms with Crippen LogP contribution in [0.25, 0.3) is 0 Å². The van der Waals surface area contributed by atoms with Gasteiger partial charge in [-0.1, -0.05) is 0 Å². The minimum absolute atomic E-state index is 0.0656. The fourth-order valence-corrected chi connectivity index (χ4v) is 2.11. The van der Waals surface area contributed by atoms with Gasteiger partial charge >= 0.3 is 0 Å². The highest BCUT2D eigenvalue weighted by molar-refractivity contribution is 5.51. The number of anilines is 1. The lowest BCUT2D eigenvalue weighted by Gasteiger charge is -2.26. The van der Waals surface area contributed by atoms with Crippen molar-refractivity contribution in [3.05, 3.63) is 23.8 Å². The Hall–Kier alpha value is -1.36. The van der Waals surface area contributed by atoms with E-state index in [0.717, 1.165) is 25.6 Å². The van der Waals surface area contributed by atoms with Gasteiger partial charge in [-0.15, -0.1) is 0 Å². The number of rotatable bonds is 3. The molecule has 3 nitrogen and oxygen atoms in total. The molecule has 17 heavy (non-hydrogen) atoms. The molecule has 94 valence electrons. The average molecular weight is 242 g/mol. The van der Waals surface area contributed by atoms with Crippen LogP contribution in [0.1, 0.15) is 6.42 Å². The summed E-state index contributed by atoms with van der Waals surface area (Å²) in [6.07, 6.45) is 0.934. The molecule has 0 spiro atoms. The molecule has 1 aliphatic heterocycles. The second kappa shape index (κ2) is 4.87. The van der Waals surface area contributed by atoms with Crippen LogP contribution in [0.4, 0.5) is 14.5 Å². The van der Waals surface area contributed by atoms with Gasteiger partial charge in [-0.3, -0.25) is 0 Å². The topological polar surface area (TPSA) is 24.5 Å². The van der Waals surface area contributed by atoms with E-state index in [0.29, 0.717) is 0 Å². The molecule has 1 N–H and O–H groups in total. The van der Waals surface area contributed by atoms with E-state index < -0.39 is 11.6 Å². The van der Waals surface area contributed by atoms with Gasteiger partial charge in [-0.25, -0.2) is 8.78 Å². The molecule has 0 radical (unpaired) electrons. The molecule has 1 aliphatic rings. The molecule has 5 heteroatoms. The van der Waals surface area contributed by atoms with Gasteiger partial charge in [0.2, 0.25) is 0 Å². The van der Waals surface area contributed by atoms with E-state index in [1.165, 1.54) is 13.2 Å². The van der Waals surface area contributed by atoms with Gasteiger partial charge in [0.15, 0.2) is 11.6 Å². The number of halogens is 2. The van der Waals surface area contributed by atoms with E-state index in [4.69, 9.17) is 4.74 Å². The van der Waals surface area contributed by atoms with Crippen molar-refractivity contribution in [1.29, 1.82) is 0 Å². The summed E-state index contributed by atoms with van der Waals surface area (Å²) < 4.78 is 32.1. The minimum Gasteiger partial charge on any atom is -0.494 e. The van der Waals surface area contributed by atoms with Crippen LogP contribution >= 0.6 is 0 Å². The normalized spacial score (nSPS) is 19.4. The second-order valence-corrected chi connectivity index (χ2v) is 4.20. The standard InChI is InChI=1S/C12H16F2N2O/c1-16(8-3-4-15-7-8)11-5-10(14)12(17-2)6-9(11)13/h5-6,8,15H,3-4,7H2,1-2H3. The van der Waals surface area contributed by atoms with E-state index in [1.54, 1.807) is 11.9 Å². The SMILES string of the molecule is COc1cc(F)c(N(C)C2CCNC2)cc1F. The van der Waals surface area contributed by atoms with E-state index >= 15 is 0 Å². The summed E-state index contributed by atoms with van der Waals surface area (Å²) in [6, 6.07) is 2.48. The summed E-state index contributed by atoms with van der Waals surface area (Å²) in [5.74, 6) is -1.07. The Balaban J connectivity index is 2.28. The van der Waals surface area contributed by atoms with Crippen LogP contribution in [0, 0.1) is 11.6 Å². The number of likely N-dealkylation sites (N-methyl/N-ethyl adjacent to an activating group) is 1. The summed E-state index contributed by atoms with van der Waals surface area (Å²) in [7, 11) is 3.10. The highest BCUT2D eigenvalue weighted by Crippen LogP contribution is 2.28. The van der Waals surface area contributed by atoms with Crippen LogP contribution in [0.15, 0.2) is 12.1 Å². The van der Waals surface area contributed by atoms with Crippen molar-refractivity contribution in [2.24, 2.45) is 0 Å². The molecule has 0 bridgehead atoms. The predicted octanol–water partition coefficient (Wildman–Crippen LogP) is 1.77. The monoisotopic (exact) mass is 242 g/mol. The zero-order valence-corrected chi connectivity index (χ0v) is 9.96. The van der Waals surface area contributed by atoms with Gasteiger partial charge in [0, 0.05) is 31.8 Å². The third-order valence-electron chi connectivity index (χ3n) is 3.18. The average Bonchev–Trinajstić information content (AvgIpc) is 2.84. The Labute approximate surface area is 99.4 Å². The Morgan fingerprint density at radius 3 is 2.71 bits per heavy atom. The van der Waals surface area contributed by atoms with Gasteiger partial charge in [-0.05, 0) is 13.0 Å². The lowest BCUT2D eigenvalue weighted by atomic mass is 10.2. The second-order valence-electron chi connectivity index (χ2n) is 4.20. The van der Waals surface area contributed by atoms with Gasteiger partial charge in [-0.2, -0.15) is 0 Å². The first-order valence-corrected chi connectivity index (χ1v) is 5.60. The number of ether oxygens (including phenoxy) is 1. The van der Waals surface area contributed by atoms with Crippen molar-refractivity contribution in [2.75, 3.05) is 32.1 Å². The molecule has 1 fully saturated rings. The van der Waals surface area contributed by atoms with Gasteiger partial charge in [0.25, 0.3) is 0 Å². The molecule has 2 rings (SSSR count). The zero-order chi connectivity index (χ0) is 12.4. The van der Waals surface area contributed by atoms with Crippen LogP contribution in [0.3, 0.4) is 0 Å². The molecular formula is C12H16F2N2O. The van der Waals surface area contributed by atoms with Gasteiger partial charge in [0.05, 0.1) is 12.8 Å². The first-order chi connectivity index (χ1) is 8.13. The third-order valence-corrected chi connectivity index (χ3v) is 3.18. The molecule has 0 amide bonds. The Morgan fingerprint density at radius 1 is 1.35 bits per heavy atom. The Bertz CT molecular complexity index is 406.